The van der Waals surface area contributed by atoms with E-state index in [-0.39, 0.29) is 19.3 Å². The molecule has 2 atom stereocenters. The average molecular weight is 343 g/mol. The second-order valence-corrected chi connectivity index (χ2v) is 7.07. The van der Waals surface area contributed by atoms with Crippen LogP contribution in [0.25, 0.3) is 0 Å². The van der Waals surface area contributed by atoms with Gasteiger partial charge in [-0.25, -0.2) is 4.79 Å². The third-order valence-corrected chi connectivity index (χ3v) is 4.19. The van der Waals surface area contributed by atoms with Crippen molar-refractivity contribution in [2.45, 2.75) is 25.2 Å². The van der Waals surface area contributed by atoms with Crippen LogP contribution in [-0.2, 0) is 30.4 Å². The summed E-state index contributed by atoms with van der Waals surface area (Å²) in [4.78, 5) is 13.7. The number of nitrogens with zero attached hydrogens (tertiary/aromatic N) is 1. The molecule has 0 radical (unpaired) electrons. The fourth-order valence-corrected chi connectivity index (χ4v) is 2.83. The van der Waals surface area contributed by atoms with E-state index in [1.807, 2.05) is 30.3 Å². The molecule has 1 aliphatic rings. The third-order valence-electron chi connectivity index (χ3n) is 3.62. The van der Waals surface area contributed by atoms with Crippen molar-refractivity contribution in [3.05, 3.63) is 35.9 Å². The molecule has 0 bridgehead atoms. The molecule has 0 saturated carbocycles. The van der Waals surface area contributed by atoms with Crippen LogP contribution in [0.15, 0.2) is 30.3 Å². The van der Waals surface area contributed by atoms with E-state index >= 15 is 0 Å². The Morgan fingerprint density at radius 3 is 2.61 bits per heavy atom. The molecule has 128 valence electrons. The molecule has 1 aromatic carbocycles. The van der Waals surface area contributed by atoms with Gasteiger partial charge in [-0.05, 0) is 12.0 Å². The van der Waals surface area contributed by atoms with Crippen molar-refractivity contribution >= 4 is 16.2 Å². The maximum absolute atomic E-state index is 12.3. The minimum absolute atomic E-state index is 0.0981. The number of amides is 1. The smallest absolute Gasteiger partial charge is 0.410 e. The minimum Gasteiger partial charge on any atom is -0.445 e. The first-order valence-electron chi connectivity index (χ1n) is 7.23. The second kappa shape index (κ2) is 7.76. The highest BCUT2D eigenvalue weighted by molar-refractivity contribution is 7.85. The summed E-state index contributed by atoms with van der Waals surface area (Å²) in [6.07, 6.45) is 0.822. The maximum Gasteiger partial charge on any atom is 0.410 e. The topological polar surface area (TPSA) is 82.1 Å². The molecule has 1 aromatic rings. The van der Waals surface area contributed by atoms with Crippen LogP contribution in [0, 0.1) is 0 Å². The molecule has 1 aliphatic heterocycles. The highest BCUT2D eigenvalue weighted by Gasteiger charge is 2.37. The predicted molar refractivity (Wildman–Crippen MR) is 83.3 cm³/mol. The molecular weight excluding hydrogens is 322 g/mol. The van der Waals surface area contributed by atoms with Crippen molar-refractivity contribution in [2.24, 2.45) is 0 Å². The van der Waals surface area contributed by atoms with Crippen LogP contribution in [0.3, 0.4) is 0 Å². The van der Waals surface area contributed by atoms with Gasteiger partial charge in [-0.15, -0.1) is 0 Å². The van der Waals surface area contributed by atoms with Crippen LogP contribution in [0.1, 0.15) is 12.0 Å². The Balaban J connectivity index is 1.94. The van der Waals surface area contributed by atoms with Gasteiger partial charge in [0.2, 0.25) is 0 Å². The quantitative estimate of drug-likeness (QED) is 0.726. The minimum atomic E-state index is -3.56. The van der Waals surface area contributed by atoms with Crippen molar-refractivity contribution in [3.8, 4) is 0 Å². The predicted octanol–water partition coefficient (Wildman–Crippen LogP) is 1.39. The van der Waals surface area contributed by atoms with Gasteiger partial charge in [0, 0.05) is 7.11 Å². The molecule has 2 rings (SSSR count). The lowest BCUT2D eigenvalue weighted by atomic mass is 10.2. The largest absolute Gasteiger partial charge is 0.445 e. The van der Waals surface area contributed by atoms with Gasteiger partial charge < -0.3 is 14.4 Å². The van der Waals surface area contributed by atoms with E-state index in [0.29, 0.717) is 13.0 Å². The molecule has 0 spiro atoms. The first-order chi connectivity index (χ1) is 10.9. The lowest BCUT2D eigenvalue weighted by molar-refractivity contribution is 0.0755. The average Bonchev–Trinajstić information content (AvgIpc) is 2.94. The normalized spacial score (nSPS) is 21.4. The lowest BCUT2D eigenvalue weighted by Gasteiger charge is -2.23. The molecule has 1 saturated heterocycles. The lowest BCUT2D eigenvalue weighted by Crippen LogP contribution is -2.39. The molecule has 1 amide bonds. The standard InChI is InChI=1S/C15H21NO6S/c1-20-14-8-13(11-22-23(2,18)19)16(9-14)15(17)21-10-12-6-4-3-5-7-12/h3-7,13-14H,8-11H2,1-2H3/t13-,14+/m0/s1. The molecule has 0 unspecified atom stereocenters. The molecular formula is C15H21NO6S. The number of ether oxygens (including phenoxy) is 2. The molecule has 0 N–H and O–H groups in total. The van der Waals surface area contributed by atoms with Gasteiger partial charge in [-0.3, -0.25) is 4.18 Å². The Bertz CT molecular complexity index is 618. The van der Waals surface area contributed by atoms with Crippen molar-refractivity contribution in [1.29, 1.82) is 0 Å². The number of hydrogen-bond donors (Lipinski definition) is 0. The highest BCUT2D eigenvalue weighted by atomic mass is 32.2. The summed E-state index contributed by atoms with van der Waals surface area (Å²) >= 11 is 0. The van der Waals surface area contributed by atoms with E-state index in [4.69, 9.17) is 13.7 Å². The monoisotopic (exact) mass is 343 g/mol. The van der Waals surface area contributed by atoms with Crippen molar-refractivity contribution < 1.29 is 26.9 Å². The first-order valence-corrected chi connectivity index (χ1v) is 9.05. The third kappa shape index (κ3) is 5.49. The fraction of sp³-hybridized carbons (Fsp3) is 0.533. The zero-order valence-corrected chi connectivity index (χ0v) is 14.0. The molecule has 8 heteroatoms. The van der Waals surface area contributed by atoms with Gasteiger partial charge in [0.05, 0.1) is 31.6 Å². The Hall–Kier alpha value is -1.64. The van der Waals surface area contributed by atoms with E-state index in [1.54, 1.807) is 7.11 Å². The highest BCUT2D eigenvalue weighted by Crippen LogP contribution is 2.22. The van der Waals surface area contributed by atoms with Gasteiger partial charge in [0.15, 0.2) is 0 Å². The number of likely N-dealkylation sites (tertiary alicyclic amines) is 1. The number of benzene rings is 1. The van der Waals surface area contributed by atoms with E-state index < -0.39 is 22.3 Å². The summed E-state index contributed by atoms with van der Waals surface area (Å²) in [5.74, 6) is 0. The summed E-state index contributed by atoms with van der Waals surface area (Å²) < 4.78 is 37.6. The zero-order chi connectivity index (χ0) is 16.9. The molecule has 23 heavy (non-hydrogen) atoms. The summed E-state index contributed by atoms with van der Waals surface area (Å²) in [6, 6.07) is 8.94. The van der Waals surface area contributed by atoms with Crippen LogP contribution < -0.4 is 0 Å². The van der Waals surface area contributed by atoms with Gasteiger partial charge in [-0.2, -0.15) is 8.42 Å². The van der Waals surface area contributed by atoms with E-state index in [0.717, 1.165) is 11.8 Å². The van der Waals surface area contributed by atoms with Crippen LogP contribution >= 0.6 is 0 Å². The number of methoxy groups -OCH3 is 1. The van der Waals surface area contributed by atoms with Crippen molar-refractivity contribution in [3.63, 3.8) is 0 Å². The van der Waals surface area contributed by atoms with Crippen LogP contribution in [0.2, 0.25) is 0 Å². The van der Waals surface area contributed by atoms with Gasteiger partial charge >= 0.3 is 6.09 Å². The molecule has 1 fully saturated rings. The summed E-state index contributed by atoms with van der Waals surface area (Å²) in [5.41, 5.74) is 0.882. The summed E-state index contributed by atoms with van der Waals surface area (Å²) in [5, 5.41) is 0. The van der Waals surface area contributed by atoms with Crippen molar-refractivity contribution in [1.82, 2.24) is 4.90 Å². The Morgan fingerprint density at radius 1 is 1.30 bits per heavy atom. The van der Waals surface area contributed by atoms with Crippen molar-refractivity contribution in [2.75, 3.05) is 26.5 Å². The van der Waals surface area contributed by atoms with Gasteiger partial charge in [0.1, 0.15) is 6.61 Å². The Kier molecular flexibility index (Phi) is 5.97. The number of carbonyl (C=O) groups excluding carboxylic acids is 1. The van der Waals surface area contributed by atoms with E-state index in [9.17, 15) is 13.2 Å². The van der Waals surface area contributed by atoms with Crippen LogP contribution in [0.5, 0.6) is 0 Å². The maximum atomic E-state index is 12.3. The second-order valence-electron chi connectivity index (χ2n) is 5.43. The van der Waals surface area contributed by atoms with E-state index in [1.165, 1.54) is 4.90 Å². The fourth-order valence-electron chi connectivity index (χ4n) is 2.43. The first kappa shape index (κ1) is 17.7. The number of rotatable bonds is 6. The van der Waals surface area contributed by atoms with Crippen LogP contribution in [0.4, 0.5) is 4.79 Å². The van der Waals surface area contributed by atoms with Gasteiger partial charge in [0.25, 0.3) is 10.1 Å². The Labute approximate surface area is 136 Å². The summed E-state index contributed by atoms with van der Waals surface area (Å²) in [7, 11) is -2.01. The molecule has 1 heterocycles. The zero-order valence-electron chi connectivity index (χ0n) is 13.2. The van der Waals surface area contributed by atoms with Crippen LogP contribution in [-0.4, -0.2) is 58.1 Å². The number of carbonyl (C=O) groups is 1. The SMILES string of the molecule is CO[C@@H]1C[C@@H](COS(C)(=O)=O)N(C(=O)OCc2ccccc2)C1. The molecule has 7 nitrogen and oxygen atoms in total. The van der Waals surface area contributed by atoms with E-state index in [2.05, 4.69) is 0 Å². The Morgan fingerprint density at radius 2 is 2.00 bits per heavy atom. The number of hydrogen-bond acceptors (Lipinski definition) is 6. The molecule has 0 aromatic heterocycles. The van der Waals surface area contributed by atoms with Gasteiger partial charge in [-0.1, -0.05) is 30.3 Å². The summed E-state index contributed by atoms with van der Waals surface area (Å²) in [6.45, 7) is 0.411. The molecule has 0 aliphatic carbocycles.